The largest absolute Gasteiger partial charge is 0.482 e. The highest BCUT2D eigenvalue weighted by Crippen LogP contribution is 2.32. The number of ether oxygens (including phenoxy) is 1. The number of aromatic nitrogens is 2. The Labute approximate surface area is 141 Å². The lowest BCUT2D eigenvalue weighted by molar-refractivity contribution is -0.139. The highest BCUT2D eigenvalue weighted by molar-refractivity contribution is 5.68. The Morgan fingerprint density at radius 2 is 2.12 bits per heavy atom. The average Bonchev–Trinajstić information content (AvgIpc) is 3.12. The van der Waals surface area contributed by atoms with Gasteiger partial charge in [-0.05, 0) is 44.0 Å². The quantitative estimate of drug-likeness (QED) is 0.882. The lowest BCUT2D eigenvalue weighted by Crippen LogP contribution is -2.24. The maximum absolute atomic E-state index is 10.5. The van der Waals surface area contributed by atoms with Crippen LogP contribution in [0.3, 0.4) is 0 Å². The Bertz CT molecular complexity index is 709. The van der Waals surface area contributed by atoms with Crippen LogP contribution in [0.25, 0.3) is 0 Å². The molecule has 0 bridgehead atoms. The standard InChI is InChI=1S/C18H23N3O3/c1-13-10-20(2)18(19-13)16-4-3-9-21(16)11-14-5-7-15(8-6-14)24-12-17(22)23/h5-8,10,16H,3-4,9,11-12H2,1-2H3,(H,22,23). The predicted octanol–water partition coefficient (Wildman–Crippen LogP) is 2.53. The molecule has 24 heavy (non-hydrogen) atoms. The fourth-order valence-corrected chi connectivity index (χ4v) is 3.32. The fraction of sp³-hybridized carbons (Fsp3) is 0.444. The Balaban J connectivity index is 1.66. The third-order valence-corrected chi connectivity index (χ3v) is 4.37. The zero-order valence-electron chi connectivity index (χ0n) is 14.1. The summed E-state index contributed by atoms with van der Waals surface area (Å²) in [4.78, 5) is 17.7. The Morgan fingerprint density at radius 1 is 1.38 bits per heavy atom. The molecule has 6 nitrogen and oxygen atoms in total. The minimum absolute atomic E-state index is 0.313. The van der Waals surface area contributed by atoms with E-state index < -0.39 is 5.97 Å². The van der Waals surface area contributed by atoms with Crippen LogP contribution in [0.5, 0.6) is 5.75 Å². The van der Waals surface area contributed by atoms with E-state index in [-0.39, 0.29) is 6.61 Å². The van der Waals surface area contributed by atoms with E-state index in [4.69, 9.17) is 9.84 Å². The first-order valence-electron chi connectivity index (χ1n) is 8.20. The van der Waals surface area contributed by atoms with E-state index >= 15 is 0 Å². The molecule has 2 aromatic rings. The van der Waals surface area contributed by atoms with Crippen molar-refractivity contribution in [3.63, 3.8) is 0 Å². The fourth-order valence-electron chi connectivity index (χ4n) is 3.32. The van der Waals surface area contributed by atoms with Gasteiger partial charge < -0.3 is 14.4 Å². The summed E-state index contributed by atoms with van der Waals surface area (Å²) in [5.74, 6) is 0.745. The number of imidazole rings is 1. The minimum atomic E-state index is -0.968. The number of carbonyl (C=O) groups is 1. The van der Waals surface area contributed by atoms with Crippen molar-refractivity contribution in [3.05, 3.63) is 47.5 Å². The Morgan fingerprint density at radius 3 is 2.75 bits per heavy atom. The highest BCUT2D eigenvalue weighted by Gasteiger charge is 2.29. The number of nitrogens with zero attached hydrogens (tertiary/aromatic N) is 3. The zero-order chi connectivity index (χ0) is 17.1. The number of hydrogen-bond acceptors (Lipinski definition) is 4. The van der Waals surface area contributed by atoms with Crippen LogP contribution < -0.4 is 4.74 Å². The Kier molecular flexibility index (Phi) is 4.85. The van der Waals surface area contributed by atoms with Gasteiger partial charge in [0.05, 0.1) is 11.7 Å². The summed E-state index contributed by atoms with van der Waals surface area (Å²) >= 11 is 0. The molecule has 2 heterocycles. The van der Waals surface area contributed by atoms with Gasteiger partial charge in [0.15, 0.2) is 6.61 Å². The number of aryl methyl sites for hydroxylation is 2. The second-order valence-corrected chi connectivity index (χ2v) is 6.31. The van der Waals surface area contributed by atoms with Crippen molar-refractivity contribution in [2.75, 3.05) is 13.2 Å². The summed E-state index contributed by atoms with van der Waals surface area (Å²) in [7, 11) is 2.06. The molecule has 1 saturated heterocycles. The van der Waals surface area contributed by atoms with E-state index in [9.17, 15) is 4.79 Å². The molecule has 3 rings (SSSR count). The van der Waals surface area contributed by atoms with Gasteiger partial charge in [0.25, 0.3) is 0 Å². The minimum Gasteiger partial charge on any atom is -0.482 e. The number of benzene rings is 1. The topological polar surface area (TPSA) is 67.6 Å². The van der Waals surface area contributed by atoms with Gasteiger partial charge >= 0.3 is 5.97 Å². The molecule has 1 aliphatic heterocycles. The van der Waals surface area contributed by atoms with Crippen LogP contribution in [0, 0.1) is 6.92 Å². The molecule has 128 valence electrons. The monoisotopic (exact) mass is 329 g/mol. The second kappa shape index (κ2) is 7.05. The van der Waals surface area contributed by atoms with Gasteiger partial charge in [-0.15, -0.1) is 0 Å². The normalized spacial score (nSPS) is 18.0. The third kappa shape index (κ3) is 3.76. The van der Waals surface area contributed by atoms with Crippen molar-refractivity contribution in [2.24, 2.45) is 7.05 Å². The van der Waals surface area contributed by atoms with Crippen LogP contribution in [-0.4, -0.2) is 38.7 Å². The SMILES string of the molecule is Cc1cn(C)c(C2CCCN2Cc2ccc(OCC(=O)O)cc2)n1. The highest BCUT2D eigenvalue weighted by atomic mass is 16.5. The molecule has 1 atom stereocenters. The molecule has 1 aliphatic rings. The molecule has 1 fully saturated rings. The summed E-state index contributed by atoms with van der Waals surface area (Å²) in [5.41, 5.74) is 2.25. The van der Waals surface area contributed by atoms with Gasteiger partial charge in [-0.3, -0.25) is 4.90 Å². The molecule has 1 unspecified atom stereocenters. The molecule has 1 aromatic heterocycles. The second-order valence-electron chi connectivity index (χ2n) is 6.31. The van der Waals surface area contributed by atoms with Crippen LogP contribution in [0.2, 0.25) is 0 Å². The zero-order valence-corrected chi connectivity index (χ0v) is 14.1. The van der Waals surface area contributed by atoms with Crippen molar-refractivity contribution in [1.29, 1.82) is 0 Å². The maximum atomic E-state index is 10.5. The molecular formula is C18H23N3O3. The summed E-state index contributed by atoms with van der Waals surface area (Å²) in [6.45, 7) is 3.63. The molecule has 1 N–H and O–H groups in total. The van der Waals surface area contributed by atoms with Crippen LogP contribution in [0.15, 0.2) is 30.5 Å². The van der Waals surface area contributed by atoms with Crippen molar-refractivity contribution in [2.45, 2.75) is 32.4 Å². The number of carboxylic acid groups (broad SMARTS) is 1. The molecule has 1 aromatic carbocycles. The number of rotatable bonds is 6. The summed E-state index contributed by atoms with van der Waals surface area (Å²) in [5, 5.41) is 8.64. The molecule has 0 spiro atoms. The first-order chi connectivity index (χ1) is 11.5. The summed E-state index contributed by atoms with van der Waals surface area (Å²) < 4.78 is 7.30. The van der Waals surface area contributed by atoms with Crippen molar-refractivity contribution in [3.8, 4) is 5.75 Å². The van der Waals surface area contributed by atoms with E-state index in [1.54, 1.807) is 0 Å². The predicted molar refractivity (Wildman–Crippen MR) is 89.9 cm³/mol. The molecule has 0 aliphatic carbocycles. The first-order valence-corrected chi connectivity index (χ1v) is 8.20. The van der Waals surface area contributed by atoms with Crippen molar-refractivity contribution < 1.29 is 14.6 Å². The van der Waals surface area contributed by atoms with E-state index in [2.05, 4.69) is 27.7 Å². The third-order valence-electron chi connectivity index (χ3n) is 4.37. The number of carboxylic acids is 1. The number of likely N-dealkylation sites (tertiary alicyclic amines) is 1. The van der Waals surface area contributed by atoms with Gasteiger partial charge in [-0.1, -0.05) is 12.1 Å². The van der Waals surface area contributed by atoms with Gasteiger partial charge in [0.1, 0.15) is 11.6 Å². The molecule has 0 radical (unpaired) electrons. The molecular weight excluding hydrogens is 306 g/mol. The Hall–Kier alpha value is -2.34. The molecule has 6 heteroatoms. The van der Waals surface area contributed by atoms with Crippen LogP contribution in [0.4, 0.5) is 0 Å². The molecule has 0 amide bonds. The lowest BCUT2D eigenvalue weighted by atomic mass is 10.1. The average molecular weight is 329 g/mol. The maximum Gasteiger partial charge on any atom is 0.341 e. The van der Waals surface area contributed by atoms with Crippen molar-refractivity contribution >= 4 is 5.97 Å². The van der Waals surface area contributed by atoms with E-state index in [1.165, 1.54) is 12.0 Å². The van der Waals surface area contributed by atoms with Gasteiger partial charge in [-0.2, -0.15) is 0 Å². The van der Waals surface area contributed by atoms with E-state index in [1.807, 2.05) is 31.2 Å². The first kappa shape index (κ1) is 16.5. The van der Waals surface area contributed by atoms with Crippen molar-refractivity contribution in [1.82, 2.24) is 14.5 Å². The number of hydrogen-bond donors (Lipinski definition) is 1. The van der Waals surface area contributed by atoms with Crippen LogP contribution in [-0.2, 0) is 18.4 Å². The summed E-state index contributed by atoms with van der Waals surface area (Å²) in [6, 6.07) is 8.00. The molecule has 0 saturated carbocycles. The summed E-state index contributed by atoms with van der Waals surface area (Å²) in [6.07, 6.45) is 4.38. The van der Waals surface area contributed by atoms with Crippen LogP contribution in [0.1, 0.15) is 36.0 Å². The van der Waals surface area contributed by atoms with Crippen LogP contribution >= 0.6 is 0 Å². The van der Waals surface area contributed by atoms with Gasteiger partial charge in [-0.25, -0.2) is 9.78 Å². The van der Waals surface area contributed by atoms with Gasteiger partial charge in [0, 0.05) is 19.8 Å². The van der Waals surface area contributed by atoms with E-state index in [0.29, 0.717) is 11.8 Å². The van der Waals surface area contributed by atoms with Gasteiger partial charge in [0.2, 0.25) is 0 Å². The smallest absolute Gasteiger partial charge is 0.341 e. The lowest BCUT2D eigenvalue weighted by Gasteiger charge is -2.24. The number of aliphatic carboxylic acids is 1. The van der Waals surface area contributed by atoms with E-state index in [0.717, 1.165) is 31.0 Å².